The van der Waals surface area contributed by atoms with Crippen LogP contribution in [-0.2, 0) is 6.54 Å². The predicted molar refractivity (Wildman–Crippen MR) is 156 cm³/mol. The molecule has 0 radical (unpaired) electrons. The van der Waals surface area contributed by atoms with Gasteiger partial charge in [0, 0.05) is 28.5 Å². The van der Waals surface area contributed by atoms with Crippen LogP contribution in [0.15, 0.2) is 85.5 Å². The van der Waals surface area contributed by atoms with Crippen LogP contribution in [0, 0.1) is 6.92 Å². The highest BCUT2D eigenvalue weighted by Crippen LogP contribution is 2.32. The highest BCUT2D eigenvalue weighted by molar-refractivity contribution is 6.88. The number of amides is 2. The van der Waals surface area contributed by atoms with Gasteiger partial charge in [-0.25, -0.2) is 14.5 Å². The molecule has 0 saturated carbocycles. The van der Waals surface area contributed by atoms with Gasteiger partial charge in [-0.05, 0) is 37.3 Å². The van der Waals surface area contributed by atoms with Gasteiger partial charge < -0.3 is 14.6 Å². The number of rotatable bonds is 8. The maximum Gasteiger partial charge on any atom is 0.324 e. The number of fused-ring (bicyclic) bond motifs is 1. The Morgan fingerprint density at radius 1 is 0.974 bits per heavy atom. The summed E-state index contributed by atoms with van der Waals surface area (Å²) >= 11 is 0. The summed E-state index contributed by atoms with van der Waals surface area (Å²) in [6.07, 6.45) is 5.43. The first-order chi connectivity index (χ1) is 18.3. The smallest absolute Gasteiger partial charge is 0.324 e. The van der Waals surface area contributed by atoms with Gasteiger partial charge in [-0.2, -0.15) is 5.10 Å². The van der Waals surface area contributed by atoms with Crippen LogP contribution in [0.25, 0.3) is 16.5 Å². The highest BCUT2D eigenvalue weighted by Gasteiger charge is 2.23. The van der Waals surface area contributed by atoms with E-state index >= 15 is 0 Å². The Hall–Kier alpha value is -4.37. The molecule has 2 heterocycles. The molecule has 0 bridgehead atoms. The number of hydrogen-bond acceptors (Lipinski definition) is 4. The number of carbonyl (C=O) groups excluding carboxylic acids is 1. The third-order valence-electron chi connectivity index (χ3n) is 6.30. The second-order valence-electron chi connectivity index (χ2n) is 10.3. The second-order valence-corrected chi connectivity index (χ2v) is 15.3. The predicted octanol–water partition coefficient (Wildman–Crippen LogP) is 5.80. The Morgan fingerprint density at radius 3 is 2.45 bits per heavy atom. The molecule has 0 aliphatic rings. The minimum atomic E-state index is -1.71. The van der Waals surface area contributed by atoms with Gasteiger partial charge in [0.2, 0.25) is 0 Å². The highest BCUT2D eigenvalue weighted by atomic mass is 28.3. The average Bonchev–Trinajstić information content (AvgIpc) is 3.56. The summed E-state index contributed by atoms with van der Waals surface area (Å²) in [5, 5.41) is 13.8. The summed E-state index contributed by atoms with van der Waals surface area (Å²) in [4.78, 5) is 17.3. The van der Waals surface area contributed by atoms with Crippen LogP contribution in [0.5, 0.6) is 5.75 Å². The molecule has 5 aromatic rings. The van der Waals surface area contributed by atoms with Gasteiger partial charge in [0.15, 0.2) is 0 Å². The number of nitrogens with zero attached hydrogens (tertiary/aromatic N) is 4. The summed E-state index contributed by atoms with van der Waals surface area (Å²) in [6.45, 7) is 9.98. The van der Waals surface area contributed by atoms with Gasteiger partial charge in [-0.3, -0.25) is 5.32 Å². The molecule has 0 aliphatic heterocycles. The lowest BCUT2D eigenvalue weighted by molar-refractivity contribution is 0.262. The number of urea groups is 1. The number of benzene rings is 3. The molecular weight excluding hydrogens is 492 g/mol. The fourth-order valence-corrected chi connectivity index (χ4v) is 5.15. The molecular formula is C29H32N6O2Si. The van der Waals surface area contributed by atoms with Gasteiger partial charge in [-0.15, -0.1) is 0 Å². The molecule has 9 heteroatoms. The first-order valence-corrected chi connectivity index (χ1v) is 16.1. The molecule has 2 N–H and O–H groups in total. The number of carbonyl (C=O) groups is 1. The average molecular weight is 525 g/mol. The monoisotopic (exact) mass is 524 g/mol. The van der Waals surface area contributed by atoms with Crippen molar-refractivity contribution < 1.29 is 9.53 Å². The Bertz CT molecular complexity index is 1550. The van der Waals surface area contributed by atoms with Crippen LogP contribution in [0.4, 0.5) is 16.3 Å². The number of ether oxygens (including phenoxy) is 1. The largest absolute Gasteiger partial charge is 0.491 e. The summed E-state index contributed by atoms with van der Waals surface area (Å²) < 4.78 is 9.85. The van der Waals surface area contributed by atoms with Crippen molar-refractivity contribution in [1.82, 2.24) is 19.3 Å². The van der Waals surface area contributed by atoms with Gasteiger partial charge in [-0.1, -0.05) is 61.6 Å². The van der Waals surface area contributed by atoms with Crippen LogP contribution in [0.3, 0.4) is 0 Å². The van der Waals surface area contributed by atoms with Crippen molar-refractivity contribution in [2.75, 3.05) is 17.2 Å². The molecule has 0 fully saturated rings. The molecule has 0 spiro atoms. The zero-order valence-corrected chi connectivity index (χ0v) is 23.1. The van der Waals surface area contributed by atoms with Gasteiger partial charge in [0.1, 0.15) is 26.2 Å². The molecule has 0 aliphatic carbocycles. The zero-order chi connectivity index (χ0) is 26.7. The zero-order valence-electron chi connectivity index (χ0n) is 22.1. The van der Waals surface area contributed by atoms with Gasteiger partial charge in [0.25, 0.3) is 0 Å². The standard InChI is InChI=1S/C29H32N6O2Si/c1-21-9-11-22(12-10-21)35-27(19-28(33-35)38(2,3)4)32-29(36)31-25-13-14-26(24-8-6-5-7-23(24)25)37-18-17-34-16-15-30-20-34/h5-16,19-20H,17-18H2,1-4H3,(H2,31,32,36). The van der Waals surface area contributed by atoms with Gasteiger partial charge in [0.05, 0.1) is 24.2 Å². The van der Waals surface area contributed by atoms with Crippen molar-refractivity contribution >= 4 is 41.7 Å². The van der Waals surface area contributed by atoms with Crippen molar-refractivity contribution in [1.29, 1.82) is 0 Å². The third-order valence-corrected chi connectivity index (χ3v) is 8.08. The summed E-state index contributed by atoms with van der Waals surface area (Å²) in [7, 11) is -1.71. The van der Waals surface area contributed by atoms with Crippen molar-refractivity contribution in [2.24, 2.45) is 0 Å². The van der Waals surface area contributed by atoms with E-state index < -0.39 is 8.07 Å². The summed E-state index contributed by atoms with van der Waals surface area (Å²) in [5.74, 6) is 1.40. The number of hydrogen-bond donors (Lipinski definition) is 2. The lowest BCUT2D eigenvalue weighted by Crippen LogP contribution is -2.39. The van der Waals surface area contributed by atoms with E-state index in [1.54, 1.807) is 12.5 Å². The van der Waals surface area contributed by atoms with Gasteiger partial charge >= 0.3 is 6.03 Å². The molecule has 2 aromatic heterocycles. The van der Waals surface area contributed by atoms with Crippen LogP contribution >= 0.6 is 0 Å². The lowest BCUT2D eigenvalue weighted by atomic mass is 10.1. The number of aryl methyl sites for hydroxylation is 1. The SMILES string of the molecule is Cc1ccc(-n2nc([Si](C)(C)C)cc2NC(=O)Nc2ccc(OCCn3ccnc3)c3ccccc23)cc1. The van der Waals surface area contributed by atoms with E-state index in [1.807, 2.05) is 89.1 Å². The molecule has 38 heavy (non-hydrogen) atoms. The summed E-state index contributed by atoms with van der Waals surface area (Å²) in [5.41, 5.74) is 2.77. The minimum absolute atomic E-state index is 0.334. The van der Waals surface area contributed by atoms with Crippen LogP contribution in [-0.4, -0.2) is 40.0 Å². The Kier molecular flexibility index (Phi) is 7.02. The second kappa shape index (κ2) is 10.5. The van der Waals surface area contributed by atoms with E-state index in [-0.39, 0.29) is 6.03 Å². The van der Waals surface area contributed by atoms with Crippen molar-refractivity contribution in [3.63, 3.8) is 0 Å². The summed E-state index contributed by atoms with van der Waals surface area (Å²) in [6, 6.07) is 21.4. The quantitative estimate of drug-likeness (QED) is 0.251. The normalized spacial score (nSPS) is 11.5. The maximum absolute atomic E-state index is 13.2. The van der Waals surface area contributed by atoms with Crippen LogP contribution in [0.1, 0.15) is 5.56 Å². The van der Waals surface area contributed by atoms with Crippen molar-refractivity contribution in [3.8, 4) is 11.4 Å². The molecule has 0 atom stereocenters. The topological polar surface area (TPSA) is 86.0 Å². The van der Waals surface area contributed by atoms with E-state index in [0.29, 0.717) is 24.7 Å². The van der Waals surface area contributed by atoms with Crippen molar-refractivity contribution in [2.45, 2.75) is 33.1 Å². The number of anilines is 2. The van der Waals surface area contributed by atoms with E-state index in [1.165, 1.54) is 5.56 Å². The molecule has 8 nitrogen and oxygen atoms in total. The van der Waals surface area contributed by atoms with E-state index in [4.69, 9.17) is 9.84 Å². The first kappa shape index (κ1) is 25.3. The van der Waals surface area contributed by atoms with Crippen molar-refractivity contribution in [3.05, 3.63) is 91.0 Å². The Labute approximate surface area is 223 Å². The fourth-order valence-electron chi connectivity index (χ4n) is 4.18. The number of imidazole rings is 1. The van der Waals surface area contributed by atoms with E-state index in [9.17, 15) is 4.79 Å². The number of nitrogens with one attached hydrogen (secondary N) is 2. The molecule has 194 valence electrons. The fraction of sp³-hybridized carbons (Fsp3) is 0.207. The third kappa shape index (κ3) is 5.62. The van der Waals surface area contributed by atoms with E-state index in [0.717, 1.165) is 27.5 Å². The molecule has 5 rings (SSSR count). The lowest BCUT2D eigenvalue weighted by Gasteiger charge is -2.14. The maximum atomic E-state index is 13.2. The minimum Gasteiger partial charge on any atom is -0.491 e. The molecule has 0 saturated heterocycles. The van der Waals surface area contributed by atoms with Crippen LogP contribution < -0.4 is 20.7 Å². The molecule has 2 amide bonds. The van der Waals surface area contributed by atoms with E-state index in [2.05, 4.69) is 35.3 Å². The Balaban J connectivity index is 1.37. The molecule has 3 aromatic carbocycles. The molecule has 0 unspecified atom stereocenters. The Morgan fingerprint density at radius 2 is 1.74 bits per heavy atom. The van der Waals surface area contributed by atoms with Crippen LogP contribution in [0.2, 0.25) is 19.6 Å². The first-order valence-electron chi connectivity index (χ1n) is 12.6. The number of aromatic nitrogens is 4.